The largest absolute Gasteiger partial charge is 0.508 e. The normalized spacial score (nSPS) is 23.2. The molecule has 5 saturated heterocycles. The lowest BCUT2D eigenvalue weighted by atomic mass is 9.83. The molecule has 6 aromatic rings. The molecule has 4 aromatic heterocycles. The fourth-order valence-electron chi connectivity index (χ4n) is 12.8. The number of aliphatic hydroxyl groups is 1. The molecule has 17 nitrogen and oxygen atoms in total. The molecule has 2 aromatic carbocycles. The van der Waals surface area contributed by atoms with Gasteiger partial charge in [0.1, 0.15) is 47.3 Å². The maximum atomic E-state index is 17.3. The number of hydrogen-bond donors (Lipinski definition) is 4. The van der Waals surface area contributed by atoms with Gasteiger partial charge in [0.05, 0.1) is 44.9 Å². The minimum absolute atomic E-state index is 0.00681. The maximum absolute atomic E-state index is 17.3. The molecule has 5 fully saturated rings. The van der Waals surface area contributed by atoms with Crippen molar-refractivity contribution in [1.29, 1.82) is 0 Å². The molecule has 4 N–H and O–H groups in total. The van der Waals surface area contributed by atoms with Gasteiger partial charge in [-0.05, 0) is 113 Å². The molecule has 0 radical (unpaired) electrons. The van der Waals surface area contributed by atoms with Crippen LogP contribution in [0, 0.1) is 36.3 Å². The summed E-state index contributed by atoms with van der Waals surface area (Å²) in [6.07, 6.45) is 14.3. The Labute approximate surface area is 462 Å². The van der Waals surface area contributed by atoms with E-state index in [0.29, 0.717) is 55.5 Å². The molecule has 20 heteroatoms. The third-order valence-corrected chi connectivity index (χ3v) is 17.6. The Balaban J connectivity index is 0.776. The van der Waals surface area contributed by atoms with Crippen LogP contribution >= 0.6 is 11.3 Å². The van der Waals surface area contributed by atoms with E-state index in [4.69, 9.17) is 16.1 Å². The van der Waals surface area contributed by atoms with Gasteiger partial charge in [0.2, 0.25) is 17.7 Å². The van der Waals surface area contributed by atoms with E-state index in [0.717, 1.165) is 60.5 Å². The Morgan fingerprint density at radius 1 is 1.01 bits per heavy atom. The molecule has 2 bridgehead atoms. The van der Waals surface area contributed by atoms with Crippen molar-refractivity contribution >= 4 is 56.6 Å². The first-order valence-corrected chi connectivity index (χ1v) is 28.4. The molecule has 5 aliphatic heterocycles. The number of carbonyl (C=O) groups excluding carboxylic acids is 3. The number of nitrogens with one attached hydrogen (secondary N) is 2. The lowest BCUT2D eigenvalue weighted by Crippen LogP contribution is -2.59. The van der Waals surface area contributed by atoms with Gasteiger partial charge in [0, 0.05) is 80.0 Å². The molecular formula is C59H67F2N11O6S. The van der Waals surface area contributed by atoms with Crippen LogP contribution in [0.15, 0.2) is 54.3 Å². The minimum Gasteiger partial charge on any atom is -0.508 e. The summed E-state index contributed by atoms with van der Waals surface area (Å²) in [5.41, 5.74) is 3.45. The molecule has 8 atom stereocenters. The van der Waals surface area contributed by atoms with Crippen LogP contribution in [-0.4, -0.2) is 149 Å². The molecule has 79 heavy (non-hydrogen) atoms. The number of aromatic hydroxyl groups is 1. The van der Waals surface area contributed by atoms with Crippen molar-refractivity contribution in [3.8, 4) is 45.9 Å². The van der Waals surface area contributed by atoms with E-state index in [1.807, 2.05) is 46.8 Å². The Morgan fingerprint density at radius 2 is 1.81 bits per heavy atom. The number of nitrogens with zero attached hydrogens (tertiary/aromatic N) is 9. The summed E-state index contributed by atoms with van der Waals surface area (Å²) < 4.78 is 38.9. The number of thiazole rings is 1. The minimum atomic E-state index is -0.926. The number of fused-ring (bicyclic) bond motifs is 4. The summed E-state index contributed by atoms with van der Waals surface area (Å²) in [6, 6.07) is 7.35. The predicted molar refractivity (Wildman–Crippen MR) is 297 cm³/mol. The number of rotatable bonds is 15. The molecule has 2 unspecified atom stereocenters. The van der Waals surface area contributed by atoms with Crippen LogP contribution in [0.4, 0.5) is 14.6 Å². The number of phenolic OH excluding ortho intramolecular Hbond substituents is 1. The summed E-state index contributed by atoms with van der Waals surface area (Å²) >= 11 is 1.51. The first-order valence-electron chi connectivity index (χ1n) is 27.6. The number of piperazine rings is 1. The molecular weight excluding hydrogens is 1030 g/mol. The third kappa shape index (κ3) is 10.7. The van der Waals surface area contributed by atoms with E-state index < -0.39 is 41.3 Å². The van der Waals surface area contributed by atoms with Gasteiger partial charge in [-0.25, -0.2) is 13.8 Å². The lowest BCUT2D eigenvalue weighted by Gasteiger charge is -2.43. The Kier molecular flexibility index (Phi) is 15.0. The average Bonchev–Trinajstić information content (AvgIpc) is 4.40. The number of terminal acetylenes is 1. The van der Waals surface area contributed by atoms with Crippen LogP contribution in [0.5, 0.6) is 11.8 Å². The first kappa shape index (κ1) is 54.1. The number of halogens is 2. The van der Waals surface area contributed by atoms with Gasteiger partial charge in [-0.15, -0.1) is 17.8 Å². The van der Waals surface area contributed by atoms with Crippen molar-refractivity contribution < 1.29 is 38.1 Å². The highest BCUT2D eigenvalue weighted by molar-refractivity contribution is 7.13. The van der Waals surface area contributed by atoms with Gasteiger partial charge in [0.15, 0.2) is 5.82 Å². The summed E-state index contributed by atoms with van der Waals surface area (Å²) in [4.78, 5) is 74.8. The van der Waals surface area contributed by atoms with Crippen LogP contribution in [0.1, 0.15) is 108 Å². The summed E-state index contributed by atoms with van der Waals surface area (Å²) in [5.74, 6) is 0.468. The fourth-order valence-corrected chi connectivity index (χ4v) is 13.6. The highest BCUT2D eigenvalue weighted by Gasteiger charge is 2.50. The number of ether oxygens (including phenoxy) is 1. The predicted octanol–water partition coefficient (Wildman–Crippen LogP) is 7.45. The molecule has 5 aliphatic rings. The van der Waals surface area contributed by atoms with Crippen molar-refractivity contribution in [2.75, 3.05) is 44.2 Å². The second-order valence-electron chi connectivity index (χ2n) is 23.1. The molecule has 11 rings (SSSR count). The SMILES string of the molecule is C#Cc1c(F)ccc2cc(O)cc(-c3ncc4c(N5CC6CCC(C5)N6)nc(OC[C@@H]5CCCN5CCC[C@H]5CCC(=O)N5[C@H](C(=O)N5C[C@H](O)C[C@H]5C(=O)N[C@@H](C)c5ccc(-c6scnc6C)nc5)C(C)(C)C)nc4c3F)c12. The average molecular weight is 1100 g/mol. The first-order chi connectivity index (χ1) is 37.9. The number of aryl methyl sites for hydroxylation is 1. The smallest absolute Gasteiger partial charge is 0.319 e. The number of aliphatic hydroxyl groups excluding tert-OH is 1. The van der Waals surface area contributed by atoms with Gasteiger partial charge in [-0.2, -0.15) is 9.97 Å². The number of β-amino-alcohol motifs (C(OH)–C–C–N with tert-alkyl or cyclic N) is 1. The van der Waals surface area contributed by atoms with Gasteiger partial charge >= 0.3 is 6.01 Å². The van der Waals surface area contributed by atoms with Crippen LogP contribution in [0.2, 0.25) is 0 Å². The number of amides is 3. The number of hydrogen-bond acceptors (Lipinski definition) is 15. The zero-order valence-electron chi connectivity index (χ0n) is 45.2. The zero-order valence-corrected chi connectivity index (χ0v) is 46.0. The van der Waals surface area contributed by atoms with Crippen LogP contribution in [0.25, 0.3) is 43.5 Å². The van der Waals surface area contributed by atoms with Crippen molar-refractivity contribution in [3.63, 3.8) is 0 Å². The number of benzene rings is 2. The van der Waals surface area contributed by atoms with E-state index >= 15 is 8.78 Å². The molecule has 3 amide bonds. The number of aromatic nitrogens is 5. The van der Waals surface area contributed by atoms with Crippen molar-refractivity contribution in [2.24, 2.45) is 5.41 Å². The fraction of sp³-hybridized carbons (Fsp3) is 0.492. The van der Waals surface area contributed by atoms with Crippen LogP contribution in [-0.2, 0) is 14.4 Å². The number of anilines is 1. The Hall–Kier alpha value is -6.92. The topological polar surface area (TPSA) is 202 Å². The second kappa shape index (κ2) is 22.0. The van der Waals surface area contributed by atoms with E-state index in [-0.39, 0.29) is 101 Å². The number of phenols is 1. The van der Waals surface area contributed by atoms with E-state index in [1.54, 1.807) is 16.6 Å². The van der Waals surface area contributed by atoms with Gasteiger partial charge in [0.25, 0.3) is 0 Å². The van der Waals surface area contributed by atoms with Crippen molar-refractivity contribution in [1.82, 2.24) is 50.3 Å². The van der Waals surface area contributed by atoms with E-state index in [2.05, 4.69) is 46.3 Å². The summed E-state index contributed by atoms with van der Waals surface area (Å²) in [5, 5.41) is 29.5. The molecule has 0 spiro atoms. The lowest BCUT2D eigenvalue weighted by molar-refractivity contribution is -0.152. The summed E-state index contributed by atoms with van der Waals surface area (Å²) in [7, 11) is 0. The number of carbonyl (C=O) groups is 3. The summed E-state index contributed by atoms with van der Waals surface area (Å²) in [6.45, 7) is 12.7. The van der Waals surface area contributed by atoms with E-state index in [9.17, 15) is 24.6 Å². The number of likely N-dealkylation sites (tertiary alicyclic amines) is 3. The van der Waals surface area contributed by atoms with Crippen molar-refractivity contribution in [3.05, 3.63) is 82.8 Å². The van der Waals surface area contributed by atoms with Crippen LogP contribution in [0.3, 0.4) is 0 Å². The van der Waals surface area contributed by atoms with Gasteiger partial charge in [-0.1, -0.05) is 38.8 Å². The maximum Gasteiger partial charge on any atom is 0.319 e. The number of pyridine rings is 2. The Bertz CT molecular complexity index is 3350. The molecule has 9 heterocycles. The second-order valence-corrected chi connectivity index (χ2v) is 24.0. The third-order valence-electron chi connectivity index (χ3n) is 16.7. The molecule has 0 saturated carbocycles. The zero-order chi connectivity index (χ0) is 55.4. The molecule has 414 valence electrons. The van der Waals surface area contributed by atoms with Gasteiger partial charge in [-0.3, -0.25) is 29.3 Å². The monoisotopic (exact) mass is 1100 g/mol. The van der Waals surface area contributed by atoms with E-state index in [1.165, 1.54) is 46.7 Å². The molecule has 0 aliphatic carbocycles. The standard InChI is InChI=1S/C59H67F2N11O6S/c1-7-42-45(60)17-12-34-22-40(73)23-43(49(34)42)51-50(61)52-44(26-63-51)55(70-27-36-14-15-37(28-70)66-36)68-58(67-52)78-30-39-11-9-21-69(39)20-8-10-38-16-19-48(75)72(38)54(59(4,5)6)57(77)71-29-41(74)24-47(71)56(76)65-32(2)35-13-18-46(62-25-35)53-33(3)64-31-79-53/h1,12-13,17-18,22-23,25-26,31-32,36-39,41,47,54,66,73-74H,8-11,14-16,19-21,24,27-30H2,2-6H3,(H,65,76)/t32-,36?,37?,38-,39-,41+,47-,54+/m0/s1. The highest BCUT2D eigenvalue weighted by atomic mass is 32.1. The quantitative estimate of drug-likeness (QED) is 0.0739. The van der Waals surface area contributed by atoms with Crippen molar-refractivity contribution in [2.45, 2.75) is 141 Å². The Morgan fingerprint density at radius 3 is 2.53 bits per heavy atom. The highest BCUT2D eigenvalue weighted by Crippen LogP contribution is 2.41. The van der Waals surface area contributed by atoms with Crippen LogP contribution < -0.4 is 20.3 Å². The van der Waals surface area contributed by atoms with Gasteiger partial charge < -0.3 is 40.3 Å².